The van der Waals surface area contributed by atoms with Gasteiger partial charge in [-0.1, -0.05) is 19.3 Å². The highest BCUT2D eigenvalue weighted by atomic mass is 16.2. The average Bonchev–Trinajstić information content (AvgIpc) is 2.38. The standard InChI is InChI=1S/C13H25N3O2/c1-3-15-12(18)10-16-11(17)9-13(14-2)7-5-4-6-8-13/h14H,3-10H2,1-2H3,(H,15,18)(H,16,17). The minimum atomic E-state index is -0.131. The maximum atomic E-state index is 11.9. The van der Waals surface area contributed by atoms with Crippen LogP contribution in [0.15, 0.2) is 0 Å². The maximum Gasteiger partial charge on any atom is 0.239 e. The predicted octanol–water partition coefficient (Wildman–Crippen LogP) is 0.551. The summed E-state index contributed by atoms with van der Waals surface area (Å²) in [4.78, 5) is 23.1. The third-order valence-corrected chi connectivity index (χ3v) is 3.66. The molecule has 2 amide bonds. The van der Waals surface area contributed by atoms with Crippen LogP contribution in [0.1, 0.15) is 45.4 Å². The summed E-state index contributed by atoms with van der Waals surface area (Å²) >= 11 is 0. The summed E-state index contributed by atoms with van der Waals surface area (Å²) in [6.07, 6.45) is 6.14. The van der Waals surface area contributed by atoms with Crippen LogP contribution in [-0.2, 0) is 9.59 Å². The first-order chi connectivity index (χ1) is 8.62. The lowest BCUT2D eigenvalue weighted by Crippen LogP contribution is -2.49. The molecule has 0 heterocycles. The zero-order chi connectivity index (χ0) is 13.4. The lowest BCUT2D eigenvalue weighted by Gasteiger charge is -2.36. The van der Waals surface area contributed by atoms with E-state index in [9.17, 15) is 9.59 Å². The van der Waals surface area contributed by atoms with Crippen LogP contribution in [-0.4, -0.2) is 37.5 Å². The number of nitrogens with one attached hydrogen (secondary N) is 3. The molecule has 1 saturated carbocycles. The predicted molar refractivity (Wildman–Crippen MR) is 71.2 cm³/mol. The number of hydrogen-bond acceptors (Lipinski definition) is 3. The summed E-state index contributed by atoms with van der Waals surface area (Å²) in [5.74, 6) is -0.175. The Bertz CT molecular complexity index is 286. The summed E-state index contributed by atoms with van der Waals surface area (Å²) in [6, 6.07) is 0. The van der Waals surface area contributed by atoms with E-state index in [-0.39, 0.29) is 23.9 Å². The molecule has 0 atom stereocenters. The molecule has 0 aromatic heterocycles. The van der Waals surface area contributed by atoms with E-state index < -0.39 is 0 Å². The van der Waals surface area contributed by atoms with Gasteiger partial charge in [0.15, 0.2) is 0 Å². The molecule has 0 spiro atoms. The van der Waals surface area contributed by atoms with Crippen molar-refractivity contribution in [2.75, 3.05) is 20.1 Å². The average molecular weight is 255 g/mol. The topological polar surface area (TPSA) is 70.2 Å². The van der Waals surface area contributed by atoms with Crippen molar-refractivity contribution >= 4 is 11.8 Å². The van der Waals surface area contributed by atoms with Gasteiger partial charge in [0.2, 0.25) is 11.8 Å². The van der Waals surface area contributed by atoms with Gasteiger partial charge in [0.05, 0.1) is 6.54 Å². The summed E-state index contributed by atoms with van der Waals surface area (Å²) in [6.45, 7) is 2.53. The fourth-order valence-corrected chi connectivity index (χ4v) is 2.55. The summed E-state index contributed by atoms with van der Waals surface area (Å²) in [7, 11) is 1.92. The Morgan fingerprint density at radius 1 is 1.06 bits per heavy atom. The molecule has 1 fully saturated rings. The third-order valence-electron chi connectivity index (χ3n) is 3.66. The summed E-state index contributed by atoms with van der Waals surface area (Å²) in [5.41, 5.74) is -0.0659. The number of hydrogen-bond donors (Lipinski definition) is 3. The van der Waals surface area contributed by atoms with Gasteiger partial charge in [-0.15, -0.1) is 0 Å². The van der Waals surface area contributed by atoms with Crippen molar-refractivity contribution in [3.8, 4) is 0 Å². The molecule has 0 aliphatic heterocycles. The van der Waals surface area contributed by atoms with Crippen LogP contribution in [0.5, 0.6) is 0 Å². The third kappa shape index (κ3) is 4.64. The maximum absolute atomic E-state index is 11.9. The smallest absolute Gasteiger partial charge is 0.239 e. The second kappa shape index (κ2) is 7.36. The van der Waals surface area contributed by atoms with E-state index in [1.807, 2.05) is 14.0 Å². The van der Waals surface area contributed by atoms with Crippen LogP contribution in [0.3, 0.4) is 0 Å². The second-order valence-electron chi connectivity index (χ2n) is 5.00. The van der Waals surface area contributed by atoms with Gasteiger partial charge in [-0.25, -0.2) is 0 Å². The highest BCUT2D eigenvalue weighted by Crippen LogP contribution is 2.30. The quantitative estimate of drug-likeness (QED) is 0.649. The molecule has 0 saturated heterocycles. The number of likely N-dealkylation sites (N-methyl/N-ethyl adjacent to an activating group) is 1. The molecule has 3 N–H and O–H groups in total. The lowest BCUT2D eigenvalue weighted by atomic mass is 9.79. The molecule has 104 valence electrons. The van der Waals surface area contributed by atoms with Gasteiger partial charge in [-0.3, -0.25) is 9.59 Å². The van der Waals surface area contributed by atoms with Gasteiger partial charge in [-0.2, -0.15) is 0 Å². The number of carbonyl (C=O) groups is 2. The zero-order valence-corrected chi connectivity index (χ0v) is 11.5. The molecular formula is C13H25N3O2. The van der Waals surface area contributed by atoms with Crippen molar-refractivity contribution in [3.05, 3.63) is 0 Å². The van der Waals surface area contributed by atoms with Crippen molar-refractivity contribution in [3.63, 3.8) is 0 Å². The molecule has 0 unspecified atom stereocenters. The molecule has 0 radical (unpaired) electrons. The van der Waals surface area contributed by atoms with E-state index in [2.05, 4.69) is 16.0 Å². The van der Waals surface area contributed by atoms with Crippen molar-refractivity contribution in [1.29, 1.82) is 0 Å². The number of rotatable bonds is 6. The Hall–Kier alpha value is -1.10. The Kier molecular flexibility index (Phi) is 6.12. The monoisotopic (exact) mass is 255 g/mol. The van der Waals surface area contributed by atoms with Gasteiger partial charge >= 0.3 is 0 Å². The van der Waals surface area contributed by atoms with E-state index in [0.29, 0.717) is 13.0 Å². The van der Waals surface area contributed by atoms with Crippen LogP contribution in [0.4, 0.5) is 0 Å². The molecular weight excluding hydrogens is 230 g/mol. The van der Waals surface area contributed by atoms with Gasteiger partial charge in [-0.05, 0) is 26.8 Å². The zero-order valence-electron chi connectivity index (χ0n) is 11.5. The molecule has 5 heteroatoms. The van der Waals surface area contributed by atoms with Gasteiger partial charge in [0, 0.05) is 18.5 Å². The van der Waals surface area contributed by atoms with Crippen LogP contribution < -0.4 is 16.0 Å². The van der Waals surface area contributed by atoms with Crippen molar-refractivity contribution in [2.45, 2.75) is 51.0 Å². The number of amides is 2. The van der Waals surface area contributed by atoms with Crippen molar-refractivity contribution in [2.24, 2.45) is 0 Å². The summed E-state index contributed by atoms with van der Waals surface area (Å²) < 4.78 is 0. The second-order valence-corrected chi connectivity index (χ2v) is 5.00. The van der Waals surface area contributed by atoms with E-state index in [1.165, 1.54) is 19.3 Å². The van der Waals surface area contributed by atoms with Crippen molar-refractivity contribution in [1.82, 2.24) is 16.0 Å². The minimum Gasteiger partial charge on any atom is -0.355 e. The van der Waals surface area contributed by atoms with E-state index in [4.69, 9.17) is 0 Å². The van der Waals surface area contributed by atoms with Crippen LogP contribution in [0, 0.1) is 0 Å². The summed E-state index contributed by atoms with van der Waals surface area (Å²) in [5, 5.41) is 8.64. The highest BCUT2D eigenvalue weighted by molar-refractivity contribution is 5.85. The highest BCUT2D eigenvalue weighted by Gasteiger charge is 2.32. The molecule has 0 aromatic carbocycles. The number of carbonyl (C=O) groups excluding carboxylic acids is 2. The van der Waals surface area contributed by atoms with E-state index >= 15 is 0 Å². The Morgan fingerprint density at radius 3 is 2.28 bits per heavy atom. The Morgan fingerprint density at radius 2 is 1.72 bits per heavy atom. The van der Waals surface area contributed by atoms with Crippen LogP contribution >= 0.6 is 0 Å². The first-order valence-electron chi connectivity index (χ1n) is 6.84. The fourth-order valence-electron chi connectivity index (χ4n) is 2.55. The molecule has 5 nitrogen and oxygen atoms in total. The molecule has 18 heavy (non-hydrogen) atoms. The van der Waals surface area contributed by atoms with Crippen LogP contribution in [0.2, 0.25) is 0 Å². The van der Waals surface area contributed by atoms with Gasteiger partial charge < -0.3 is 16.0 Å². The van der Waals surface area contributed by atoms with E-state index in [1.54, 1.807) is 0 Å². The first-order valence-corrected chi connectivity index (χ1v) is 6.84. The normalized spacial score (nSPS) is 18.1. The van der Waals surface area contributed by atoms with E-state index in [0.717, 1.165) is 12.8 Å². The first kappa shape index (κ1) is 15.0. The molecule has 1 aliphatic carbocycles. The molecule has 1 aliphatic rings. The van der Waals surface area contributed by atoms with Crippen LogP contribution in [0.25, 0.3) is 0 Å². The van der Waals surface area contributed by atoms with Gasteiger partial charge in [0.25, 0.3) is 0 Å². The molecule has 1 rings (SSSR count). The SMILES string of the molecule is CCNC(=O)CNC(=O)CC1(NC)CCCCC1. The largest absolute Gasteiger partial charge is 0.355 e. The van der Waals surface area contributed by atoms with Gasteiger partial charge in [0.1, 0.15) is 0 Å². The van der Waals surface area contributed by atoms with Crippen molar-refractivity contribution < 1.29 is 9.59 Å². The fraction of sp³-hybridized carbons (Fsp3) is 0.846. The lowest BCUT2D eigenvalue weighted by molar-refractivity contribution is -0.127. The Labute approximate surface area is 109 Å². The molecule has 0 aromatic rings. The Balaban J connectivity index is 2.35. The minimum absolute atomic E-state index is 0.0440. The molecule has 0 bridgehead atoms.